The van der Waals surface area contributed by atoms with Gasteiger partial charge in [-0.15, -0.1) is 0 Å². The molecule has 2 aliphatic heterocycles. The van der Waals surface area contributed by atoms with E-state index in [1.807, 2.05) is 11.0 Å². The first-order valence-corrected chi connectivity index (χ1v) is 11.0. The molecule has 1 aromatic rings. The minimum Gasteiger partial charge on any atom is -0.350 e. The van der Waals surface area contributed by atoms with E-state index >= 15 is 0 Å². The van der Waals surface area contributed by atoms with Crippen molar-refractivity contribution in [3.05, 3.63) is 29.1 Å². The Morgan fingerprint density at radius 2 is 1.82 bits per heavy atom. The fraction of sp³-hybridized carbons (Fsp3) is 0.696. The highest BCUT2D eigenvalue weighted by Gasteiger charge is 2.32. The number of hydrogen-bond acceptors (Lipinski definition) is 3. The molecule has 154 valence electrons. The number of aryl methyl sites for hydroxylation is 1. The average molecular weight is 387 g/mol. The Bertz CT molecular complexity index is 712. The lowest BCUT2D eigenvalue weighted by atomic mass is 9.95. The van der Waals surface area contributed by atoms with Crippen LogP contribution in [0, 0.1) is 19.8 Å². The average Bonchev–Trinajstić information content (AvgIpc) is 3.35. The van der Waals surface area contributed by atoms with E-state index in [0.29, 0.717) is 25.2 Å². The number of aromatic nitrogens is 1. The largest absolute Gasteiger partial charge is 0.350 e. The van der Waals surface area contributed by atoms with Crippen LogP contribution in [-0.2, 0) is 14.3 Å². The van der Waals surface area contributed by atoms with E-state index in [1.54, 1.807) is 6.08 Å². The molecule has 0 N–H and O–H groups in total. The van der Waals surface area contributed by atoms with Gasteiger partial charge in [-0.1, -0.05) is 19.3 Å². The summed E-state index contributed by atoms with van der Waals surface area (Å²) >= 11 is 0. The summed E-state index contributed by atoms with van der Waals surface area (Å²) in [4.78, 5) is 14.7. The van der Waals surface area contributed by atoms with Gasteiger partial charge in [0.15, 0.2) is 6.29 Å². The van der Waals surface area contributed by atoms with Crippen molar-refractivity contribution in [2.75, 3.05) is 26.3 Å². The van der Waals surface area contributed by atoms with E-state index < -0.39 is 0 Å². The fourth-order valence-electron chi connectivity index (χ4n) is 5.22. The van der Waals surface area contributed by atoms with Crippen molar-refractivity contribution in [3.63, 3.8) is 0 Å². The Morgan fingerprint density at radius 1 is 1.07 bits per heavy atom. The van der Waals surface area contributed by atoms with Crippen LogP contribution in [0.5, 0.6) is 0 Å². The lowest BCUT2D eigenvalue weighted by molar-refractivity contribution is -0.134. The molecule has 0 radical (unpaired) electrons. The zero-order valence-corrected chi connectivity index (χ0v) is 17.4. The van der Waals surface area contributed by atoms with Gasteiger partial charge >= 0.3 is 0 Å². The van der Waals surface area contributed by atoms with E-state index in [9.17, 15) is 4.79 Å². The summed E-state index contributed by atoms with van der Waals surface area (Å²) in [5, 5.41) is 0. The van der Waals surface area contributed by atoms with Crippen molar-refractivity contribution in [3.8, 4) is 0 Å². The summed E-state index contributed by atoms with van der Waals surface area (Å²) < 4.78 is 13.8. The number of rotatable bonds is 4. The van der Waals surface area contributed by atoms with E-state index in [0.717, 1.165) is 25.9 Å². The number of ether oxygens (including phenoxy) is 2. The number of piperidine rings is 1. The van der Waals surface area contributed by atoms with Crippen molar-refractivity contribution in [1.29, 1.82) is 0 Å². The van der Waals surface area contributed by atoms with E-state index in [-0.39, 0.29) is 12.2 Å². The Balaban J connectivity index is 1.41. The van der Waals surface area contributed by atoms with Crippen LogP contribution in [0.3, 0.4) is 0 Å². The van der Waals surface area contributed by atoms with Crippen molar-refractivity contribution in [2.24, 2.45) is 5.92 Å². The van der Waals surface area contributed by atoms with E-state index in [1.165, 1.54) is 49.1 Å². The molecule has 0 aromatic carbocycles. The predicted octanol–water partition coefficient (Wildman–Crippen LogP) is 4.23. The summed E-state index contributed by atoms with van der Waals surface area (Å²) in [6.07, 6.45) is 12.3. The molecule has 1 aliphatic carbocycles. The van der Waals surface area contributed by atoms with Gasteiger partial charge in [0.1, 0.15) is 0 Å². The van der Waals surface area contributed by atoms with Crippen molar-refractivity contribution in [1.82, 2.24) is 9.47 Å². The predicted molar refractivity (Wildman–Crippen MR) is 110 cm³/mol. The van der Waals surface area contributed by atoms with Crippen LogP contribution in [-0.4, -0.2) is 48.0 Å². The van der Waals surface area contributed by atoms with E-state index in [4.69, 9.17) is 9.47 Å². The molecule has 1 amide bonds. The SMILES string of the molecule is Cc1cc(/C=C/C(=O)N2CCCC(C3OCCO3)C2)c(C)n1C1CCCCC1. The third kappa shape index (κ3) is 4.20. The molecule has 3 aliphatic rings. The standard InChI is InChI=1S/C23H34N2O3/c1-17-15-19(18(2)25(17)21-8-4-3-5-9-21)10-11-22(26)24-12-6-7-20(16-24)23-27-13-14-28-23/h10-11,15,20-21,23H,3-9,12-14,16H2,1-2H3/b11-10+. The second-order valence-corrected chi connectivity index (χ2v) is 8.62. The Labute approximate surface area is 168 Å². The van der Waals surface area contributed by atoms with Crippen molar-refractivity contribution < 1.29 is 14.3 Å². The highest BCUT2D eigenvalue weighted by atomic mass is 16.7. The second kappa shape index (κ2) is 8.83. The van der Waals surface area contributed by atoms with Gasteiger partial charge in [-0.2, -0.15) is 0 Å². The summed E-state index contributed by atoms with van der Waals surface area (Å²) in [6, 6.07) is 2.85. The summed E-state index contributed by atoms with van der Waals surface area (Å²) in [5.74, 6) is 0.398. The van der Waals surface area contributed by atoms with Gasteiger partial charge in [0.05, 0.1) is 13.2 Å². The van der Waals surface area contributed by atoms with Crippen LogP contribution >= 0.6 is 0 Å². The highest BCUT2D eigenvalue weighted by Crippen LogP contribution is 2.32. The molecule has 4 rings (SSSR count). The van der Waals surface area contributed by atoms with Gasteiger partial charge in [-0.25, -0.2) is 0 Å². The Morgan fingerprint density at radius 3 is 2.57 bits per heavy atom. The minimum absolute atomic E-state index is 0.102. The van der Waals surface area contributed by atoms with Gasteiger partial charge in [0, 0.05) is 42.5 Å². The molecule has 0 spiro atoms. The molecular weight excluding hydrogens is 352 g/mol. The molecule has 5 heteroatoms. The van der Waals surface area contributed by atoms with Gasteiger partial charge in [-0.05, 0) is 57.2 Å². The normalized spacial score (nSPS) is 25.1. The van der Waals surface area contributed by atoms with Gasteiger partial charge in [-0.3, -0.25) is 4.79 Å². The van der Waals surface area contributed by atoms with Crippen LogP contribution in [0.25, 0.3) is 6.08 Å². The molecule has 1 atom stereocenters. The number of carbonyl (C=O) groups excluding carboxylic acids is 1. The first-order valence-electron chi connectivity index (χ1n) is 11.0. The molecule has 1 saturated carbocycles. The lowest BCUT2D eigenvalue weighted by Gasteiger charge is -2.34. The summed E-state index contributed by atoms with van der Waals surface area (Å²) in [5.41, 5.74) is 3.77. The first-order chi connectivity index (χ1) is 13.6. The molecular formula is C23H34N2O3. The van der Waals surface area contributed by atoms with Crippen LogP contribution < -0.4 is 0 Å². The summed E-state index contributed by atoms with van der Waals surface area (Å²) in [7, 11) is 0. The molecule has 5 nitrogen and oxygen atoms in total. The van der Waals surface area contributed by atoms with Gasteiger partial charge in [0.25, 0.3) is 0 Å². The topological polar surface area (TPSA) is 43.7 Å². The van der Waals surface area contributed by atoms with Crippen LogP contribution in [0.2, 0.25) is 0 Å². The van der Waals surface area contributed by atoms with Crippen LogP contribution in [0.15, 0.2) is 12.1 Å². The molecule has 0 bridgehead atoms. The number of likely N-dealkylation sites (tertiary alicyclic amines) is 1. The molecule has 3 heterocycles. The molecule has 2 saturated heterocycles. The number of amides is 1. The Hall–Kier alpha value is -1.59. The maximum atomic E-state index is 12.8. The molecule has 1 unspecified atom stereocenters. The molecule has 28 heavy (non-hydrogen) atoms. The number of hydrogen-bond donors (Lipinski definition) is 0. The van der Waals surface area contributed by atoms with E-state index in [2.05, 4.69) is 24.5 Å². The molecule has 1 aromatic heterocycles. The summed E-state index contributed by atoms with van der Waals surface area (Å²) in [6.45, 7) is 7.29. The van der Waals surface area contributed by atoms with Gasteiger partial charge < -0.3 is 18.9 Å². The number of nitrogens with zero attached hydrogens (tertiary/aromatic N) is 2. The maximum Gasteiger partial charge on any atom is 0.246 e. The lowest BCUT2D eigenvalue weighted by Crippen LogP contribution is -2.43. The third-order valence-corrected chi connectivity index (χ3v) is 6.67. The zero-order valence-electron chi connectivity index (χ0n) is 17.4. The third-order valence-electron chi connectivity index (χ3n) is 6.67. The minimum atomic E-state index is -0.131. The number of carbonyl (C=O) groups is 1. The first kappa shape index (κ1) is 19.7. The zero-order chi connectivity index (χ0) is 19.5. The smallest absolute Gasteiger partial charge is 0.246 e. The maximum absolute atomic E-state index is 12.8. The van der Waals surface area contributed by atoms with Crippen LogP contribution in [0.4, 0.5) is 0 Å². The monoisotopic (exact) mass is 386 g/mol. The van der Waals surface area contributed by atoms with Gasteiger partial charge in [0.2, 0.25) is 5.91 Å². The second-order valence-electron chi connectivity index (χ2n) is 8.62. The molecule has 3 fully saturated rings. The highest BCUT2D eigenvalue weighted by molar-refractivity contribution is 5.92. The fourth-order valence-corrected chi connectivity index (χ4v) is 5.22. The quantitative estimate of drug-likeness (QED) is 0.727. The van der Waals surface area contributed by atoms with Crippen molar-refractivity contribution >= 4 is 12.0 Å². The Kier molecular flexibility index (Phi) is 6.22. The van der Waals surface area contributed by atoms with Crippen LogP contribution in [0.1, 0.15) is 67.9 Å². The van der Waals surface area contributed by atoms with Crippen molar-refractivity contribution in [2.45, 2.75) is 71.1 Å².